The van der Waals surface area contributed by atoms with Crippen LogP contribution in [0.2, 0.25) is 0 Å². The van der Waals surface area contributed by atoms with Crippen LogP contribution in [0.3, 0.4) is 0 Å². The summed E-state index contributed by atoms with van der Waals surface area (Å²) < 4.78 is 31.8. The monoisotopic (exact) mass is 302 g/mol. The van der Waals surface area contributed by atoms with Crippen molar-refractivity contribution in [1.29, 1.82) is 0 Å². The molecule has 2 amide bonds. The van der Waals surface area contributed by atoms with Crippen LogP contribution in [-0.2, 0) is 10.1 Å². The molecule has 0 aliphatic heterocycles. The standard InChI is InChI=1S/C11H18N4O4S/c1-13-6-7-15(2)11(16)14-9-5-3-4-8(12)10(9)20(17,18)19/h3-5,13H,6-7,12H2,1-2H3,(H,14,16)(H,17,18,19). The van der Waals surface area contributed by atoms with E-state index < -0.39 is 21.0 Å². The number of nitrogens with zero attached hydrogens (tertiary/aromatic N) is 1. The summed E-state index contributed by atoms with van der Waals surface area (Å²) in [4.78, 5) is 12.7. The van der Waals surface area contributed by atoms with Gasteiger partial charge in [0.15, 0.2) is 0 Å². The molecule has 112 valence electrons. The van der Waals surface area contributed by atoms with Gasteiger partial charge in [0, 0.05) is 20.1 Å². The maximum absolute atomic E-state index is 11.9. The van der Waals surface area contributed by atoms with Crippen molar-refractivity contribution >= 4 is 27.5 Å². The summed E-state index contributed by atoms with van der Waals surface area (Å²) >= 11 is 0. The zero-order chi connectivity index (χ0) is 15.3. The molecule has 0 aliphatic carbocycles. The summed E-state index contributed by atoms with van der Waals surface area (Å²) in [6, 6.07) is 3.65. The number of nitrogens with two attached hydrogens (primary N) is 1. The summed E-state index contributed by atoms with van der Waals surface area (Å²) in [6.45, 7) is 1.03. The van der Waals surface area contributed by atoms with E-state index in [1.165, 1.54) is 23.1 Å². The Morgan fingerprint density at radius 1 is 1.45 bits per heavy atom. The van der Waals surface area contributed by atoms with E-state index >= 15 is 0 Å². The minimum atomic E-state index is -4.52. The van der Waals surface area contributed by atoms with Gasteiger partial charge < -0.3 is 21.3 Å². The molecule has 0 heterocycles. The molecule has 0 saturated heterocycles. The summed E-state index contributed by atoms with van der Waals surface area (Å²) in [5.74, 6) is 0. The predicted octanol–water partition coefficient (Wildman–Crippen LogP) is 0.199. The molecule has 1 aromatic carbocycles. The first-order valence-corrected chi connectivity index (χ1v) is 7.24. The number of nitrogen functional groups attached to an aromatic ring is 1. The van der Waals surface area contributed by atoms with Gasteiger partial charge in [-0.25, -0.2) is 4.79 Å². The van der Waals surface area contributed by atoms with Gasteiger partial charge in [0.2, 0.25) is 0 Å². The van der Waals surface area contributed by atoms with E-state index in [0.29, 0.717) is 13.1 Å². The third-order valence-corrected chi connectivity index (χ3v) is 3.56. The molecule has 0 unspecified atom stereocenters. The van der Waals surface area contributed by atoms with Crippen molar-refractivity contribution in [3.8, 4) is 0 Å². The van der Waals surface area contributed by atoms with Crippen molar-refractivity contribution in [1.82, 2.24) is 10.2 Å². The molecule has 8 nitrogen and oxygen atoms in total. The maximum atomic E-state index is 11.9. The van der Waals surface area contributed by atoms with Crippen LogP contribution in [0.5, 0.6) is 0 Å². The normalized spacial score (nSPS) is 11.2. The number of anilines is 2. The van der Waals surface area contributed by atoms with Crippen LogP contribution in [0.15, 0.2) is 23.1 Å². The van der Waals surface area contributed by atoms with E-state index in [9.17, 15) is 13.2 Å². The number of rotatable bonds is 5. The molecule has 20 heavy (non-hydrogen) atoms. The fourth-order valence-electron chi connectivity index (χ4n) is 1.53. The average molecular weight is 302 g/mol. The number of hydrogen-bond donors (Lipinski definition) is 4. The number of benzene rings is 1. The first-order chi connectivity index (χ1) is 9.27. The van der Waals surface area contributed by atoms with Gasteiger partial charge >= 0.3 is 6.03 Å². The zero-order valence-corrected chi connectivity index (χ0v) is 12.1. The number of amides is 2. The molecule has 0 spiro atoms. The second-order valence-corrected chi connectivity index (χ2v) is 5.51. The van der Waals surface area contributed by atoms with Gasteiger partial charge in [-0.1, -0.05) is 6.07 Å². The van der Waals surface area contributed by atoms with Gasteiger partial charge in [-0.3, -0.25) is 4.55 Å². The Labute approximate surface area is 117 Å². The highest BCUT2D eigenvalue weighted by molar-refractivity contribution is 7.86. The van der Waals surface area contributed by atoms with Crippen molar-refractivity contribution in [2.45, 2.75) is 4.90 Å². The number of hydrogen-bond acceptors (Lipinski definition) is 5. The lowest BCUT2D eigenvalue weighted by atomic mass is 10.3. The van der Waals surface area contributed by atoms with Gasteiger partial charge in [-0.05, 0) is 19.2 Å². The van der Waals surface area contributed by atoms with Crippen molar-refractivity contribution in [3.05, 3.63) is 18.2 Å². The molecule has 0 fully saturated rings. The van der Waals surface area contributed by atoms with E-state index in [0.717, 1.165) is 0 Å². The maximum Gasteiger partial charge on any atom is 0.321 e. The fraction of sp³-hybridized carbons (Fsp3) is 0.364. The quantitative estimate of drug-likeness (QED) is 0.455. The van der Waals surface area contributed by atoms with E-state index in [2.05, 4.69) is 10.6 Å². The van der Waals surface area contributed by atoms with Crippen molar-refractivity contribution in [2.24, 2.45) is 0 Å². The van der Waals surface area contributed by atoms with Crippen LogP contribution in [0.1, 0.15) is 0 Å². The largest absolute Gasteiger partial charge is 0.398 e. The molecule has 9 heteroatoms. The smallest absolute Gasteiger partial charge is 0.321 e. The first-order valence-electron chi connectivity index (χ1n) is 5.80. The topological polar surface area (TPSA) is 125 Å². The molecule has 1 rings (SSSR count). The highest BCUT2D eigenvalue weighted by Gasteiger charge is 2.21. The molecule has 0 atom stereocenters. The lowest BCUT2D eigenvalue weighted by Gasteiger charge is -2.19. The third kappa shape index (κ3) is 4.08. The summed E-state index contributed by atoms with van der Waals surface area (Å²) in [5.41, 5.74) is 5.33. The van der Waals surface area contributed by atoms with Gasteiger partial charge in [0.1, 0.15) is 4.90 Å². The second kappa shape index (κ2) is 6.55. The van der Waals surface area contributed by atoms with Crippen LogP contribution in [0.4, 0.5) is 16.2 Å². The Kier molecular flexibility index (Phi) is 5.31. The number of carbonyl (C=O) groups is 1. The highest BCUT2D eigenvalue weighted by Crippen LogP contribution is 2.27. The van der Waals surface area contributed by atoms with E-state index in [4.69, 9.17) is 10.3 Å². The summed E-state index contributed by atoms with van der Waals surface area (Å²) in [5, 5.41) is 5.29. The Balaban J connectivity index is 2.99. The lowest BCUT2D eigenvalue weighted by Crippen LogP contribution is -2.36. The number of likely N-dealkylation sites (N-methyl/N-ethyl adjacent to an activating group) is 2. The van der Waals surface area contributed by atoms with E-state index in [-0.39, 0.29) is 11.4 Å². The molecule has 1 aromatic rings. The zero-order valence-electron chi connectivity index (χ0n) is 11.3. The van der Waals surface area contributed by atoms with Gasteiger partial charge in [0.05, 0.1) is 11.4 Å². The molecule has 0 bridgehead atoms. The molecule has 0 radical (unpaired) electrons. The highest BCUT2D eigenvalue weighted by atomic mass is 32.2. The van der Waals surface area contributed by atoms with Crippen LogP contribution in [0, 0.1) is 0 Å². The van der Waals surface area contributed by atoms with Gasteiger partial charge in [-0.15, -0.1) is 0 Å². The van der Waals surface area contributed by atoms with Gasteiger partial charge in [-0.2, -0.15) is 8.42 Å². The Hall–Kier alpha value is -1.84. The van der Waals surface area contributed by atoms with E-state index in [1.54, 1.807) is 14.1 Å². The predicted molar refractivity (Wildman–Crippen MR) is 76.2 cm³/mol. The lowest BCUT2D eigenvalue weighted by molar-refractivity contribution is 0.223. The Morgan fingerprint density at radius 3 is 2.65 bits per heavy atom. The van der Waals surface area contributed by atoms with E-state index in [1.807, 2.05) is 0 Å². The number of urea groups is 1. The van der Waals surface area contributed by atoms with Crippen molar-refractivity contribution < 1.29 is 17.8 Å². The second-order valence-electron chi connectivity index (χ2n) is 4.15. The fourth-order valence-corrected chi connectivity index (χ4v) is 2.30. The average Bonchev–Trinajstić information content (AvgIpc) is 2.34. The molecule has 0 saturated carbocycles. The van der Waals surface area contributed by atoms with Gasteiger partial charge in [0.25, 0.3) is 10.1 Å². The van der Waals surface area contributed by atoms with Crippen LogP contribution in [0.25, 0.3) is 0 Å². The molecule has 0 aromatic heterocycles. The molecule has 5 N–H and O–H groups in total. The molecular weight excluding hydrogens is 284 g/mol. The summed E-state index contributed by atoms with van der Waals surface area (Å²) in [6.07, 6.45) is 0. The van der Waals surface area contributed by atoms with Crippen molar-refractivity contribution in [2.75, 3.05) is 38.2 Å². The summed E-state index contributed by atoms with van der Waals surface area (Å²) in [7, 11) is -1.21. The molecule has 0 aliphatic rings. The Morgan fingerprint density at radius 2 is 2.10 bits per heavy atom. The third-order valence-electron chi connectivity index (χ3n) is 2.59. The Bertz CT molecular complexity index is 588. The van der Waals surface area contributed by atoms with Crippen molar-refractivity contribution in [3.63, 3.8) is 0 Å². The number of carbonyl (C=O) groups excluding carboxylic acids is 1. The van der Waals surface area contributed by atoms with Crippen LogP contribution >= 0.6 is 0 Å². The van der Waals surface area contributed by atoms with Crippen LogP contribution < -0.4 is 16.4 Å². The van der Waals surface area contributed by atoms with Crippen LogP contribution in [-0.4, -0.2) is 51.1 Å². The minimum absolute atomic E-state index is 0.0613. The number of nitrogens with one attached hydrogen (secondary N) is 2. The SMILES string of the molecule is CNCCN(C)C(=O)Nc1cccc(N)c1S(=O)(=O)O. The minimum Gasteiger partial charge on any atom is -0.398 e. The molecular formula is C11H18N4O4S. The first kappa shape index (κ1) is 16.2.